The van der Waals surface area contributed by atoms with Crippen LogP contribution in [-0.2, 0) is 6.54 Å². The quantitative estimate of drug-likeness (QED) is 0.440. The summed E-state index contributed by atoms with van der Waals surface area (Å²) in [5, 5.41) is 6.81. The molecule has 1 aliphatic heterocycles. The van der Waals surface area contributed by atoms with Crippen molar-refractivity contribution in [2.75, 3.05) is 25.5 Å². The molecule has 4 aromatic rings. The zero-order valence-corrected chi connectivity index (χ0v) is 18.3. The molecule has 1 fully saturated rings. The van der Waals surface area contributed by atoms with Crippen LogP contribution in [0.1, 0.15) is 12.2 Å². The van der Waals surface area contributed by atoms with E-state index in [0.717, 1.165) is 6.20 Å². The molecule has 5 rings (SSSR count). The van der Waals surface area contributed by atoms with E-state index >= 15 is 0 Å². The largest absolute Gasteiger partial charge is 0.344 e. The van der Waals surface area contributed by atoms with Crippen molar-refractivity contribution in [3.63, 3.8) is 0 Å². The summed E-state index contributed by atoms with van der Waals surface area (Å²) in [6.45, 7) is 1.12. The number of imidazole rings is 1. The Hall–Kier alpha value is -3.35. The molecule has 180 valence electrons. The van der Waals surface area contributed by atoms with Crippen LogP contribution in [0.2, 0.25) is 0 Å². The minimum Gasteiger partial charge on any atom is -0.344 e. The number of likely N-dealkylation sites (tertiary alicyclic amines) is 1. The van der Waals surface area contributed by atoms with Gasteiger partial charge in [-0.25, -0.2) is 41.4 Å². The lowest BCUT2D eigenvalue weighted by Gasteiger charge is -2.36. The predicted octanol–water partition coefficient (Wildman–Crippen LogP) is 3.60. The van der Waals surface area contributed by atoms with Crippen LogP contribution < -0.4 is 5.32 Å². The van der Waals surface area contributed by atoms with Gasteiger partial charge in [-0.3, -0.25) is 0 Å². The average molecular weight is 480 g/mol. The maximum atomic E-state index is 14.9. The molecule has 1 atom stereocenters. The fraction of sp³-hybridized carbons (Fsp3) is 0.429. The second-order valence-electron chi connectivity index (χ2n) is 8.45. The van der Waals surface area contributed by atoms with Crippen LogP contribution in [0.25, 0.3) is 27.9 Å². The van der Waals surface area contributed by atoms with Crippen LogP contribution >= 0.6 is 0 Å². The van der Waals surface area contributed by atoms with E-state index in [9.17, 15) is 22.0 Å². The molecule has 8 nitrogen and oxygen atoms in total. The molecular weight excluding hydrogens is 459 g/mol. The number of nitrogens with zero attached hydrogens (tertiary/aromatic N) is 7. The van der Waals surface area contributed by atoms with Crippen molar-refractivity contribution in [1.82, 2.24) is 34.0 Å². The molecule has 0 amide bonds. The number of pyridine rings is 1. The second kappa shape index (κ2) is 8.15. The number of alkyl halides is 4. The SMILES string of the molecule is Cc1nc2ccc(-c3c(F)cn4nc(N[C@@H]5CCN(C)CC5(F)F)ncc34)nc2n1CC(F)F. The van der Waals surface area contributed by atoms with Crippen molar-refractivity contribution in [3.05, 3.63) is 36.2 Å². The van der Waals surface area contributed by atoms with Crippen molar-refractivity contribution in [1.29, 1.82) is 0 Å². The van der Waals surface area contributed by atoms with Crippen LogP contribution in [0, 0.1) is 12.7 Å². The molecule has 0 aromatic carbocycles. The molecule has 5 heterocycles. The van der Waals surface area contributed by atoms with E-state index in [2.05, 4.69) is 25.4 Å². The van der Waals surface area contributed by atoms with Gasteiger partial charge in [0.15, 0.2) is 11.5 Å². The molecule has 13 heteroatoms. The topological polar surface area (TPSA) is 76.2 Å². The Bertz CT molecular complexity index is 1360. The number of aryl methyl sites for hydroxylation is 1. The number of hydrogen-bond acceptors (Lipinski definition) is 6. The molecule has 1 saturated heterocycles. The molecule has 0 saturated carbocycles. The molecule has 1 aliphatic rings. The van der Waals surface area contributed by atoms with E-state index in [1.807, 2.05) is 0 Å². The van der Waals surface area contributed by atoms with Gasteiger partial charge in [-0.05, 0) is 32.5 Å². The van der Waals surface area contributed by atoms with Gasteiger partial charge in [-0.15, -0.1) is 5.10 Å². The van der Waals surface area contributed by atoms with E-state index in [4.69, 9.17) is 0 Å². The smallest absolute Gasteiger partial charge is 0.280 e. The standard InChI is InChI=1S/C21H21F5N8/c1-11-28-14-4-3-13(29-19(14)33(11)9-17(23)24)18-12(22)8-34-15(18)7-27-20(31-34)30-16-5-6-32(2)10-21(16,25)26/h3-4,7-8,16-17H,5-6,9-10H2,1-2H3,(H,30,31)/t16-/m1/s1. The minimum absolute atomic E-state index is 0.0580. The first-order valence-electron chi connectivity index (χ1n) is 10.6. The lowest BCUT2D eigenvalue weighted by molar-refractivity contribution is -0.0675. The fourth-order valence-electron chi connectivity index (χ4n) is 4.31. The highest BCUT2D eigenvalue weighted by atomic mass is 19.3. The van der Waals surface area contributed by atoms with Crippen molar-refractivity contribution >= 4 is 22.6 Å². The Morgan fingerprint density at radius 2 is 2.03 bits per heavy atom. The normalized spacial score (nSPS) is 18.9. The third kappa shape index (κ3) is 3.93. The van der Waals surface area contributed by atoms with Gasteiger partial charge in [0.25, 0.3) is 12.3 Å². The Kier molecular flexibility index (Phi) is 5.38. The van der Waals surface area contributed by atoms with Crippen molar-refractivity contribution in [3.8, 4) is 11.3 Å². The molecule has 34 heavy (non-hydrogen) atoms. The van der Waals surface area contributed by atoms with Crippen molar-refractivity contribution < 1.29 is 22.0 Å². The number of hydrogen-bond donors (Lipinski definition) is 1. The molecule has 0 radical (unpaired) electrons. The molecule has 0 aliphatic carbocycles. The third-order valence-corrected chi connectivity index (χ3v) is 5.94. The van der Waals surface area contributed by atoms with Crippen LogP contribution in [0.3, 0.4) is 0 Å². The Balaban J connectivity index is 1.50. The fourth-order valence-corrected chi connectivity index (χ4v) is 4.31. The number of nitrogens with one attached hydrogen (secondary N) is 1. The monoisotopic (exact) mass is 480 g/mol. The Morgan fingerprint density at radius 1 is 1.24 bits per heavy atom. The van der Waals surface area contributed by atoms with Gasteiger partial charge in [0, 0.05) is 6.54 Å². The molecule has 0 bridgehead atoms. The van der Waals surface area contributed by atoms with Gasteiger partial charge in [0.05, 0.1) is 48.3 Å². The first kappa shape index (κ1) is 22.4. The summed E-state index contributed by atoms with van der Waals surface area (Å²) in [6.07, 6.45) is 0.00268. The summed E-state index contributed by atoms with van der Waals surface area (Å²) in [7, 11) is 1.63. The van der Waals surface area contributed by atoms with E-state index in [1.165, 1.54) is 21.3 Å². The zero-order valence-electron chi connectivity index (χ0n) is 18.3. The summed E-state index contributed by atoms with van der Waals surface area (Å²) >= 11 is 0. The first-order chi connectivity index (χ1) is 16.1. The van der Waals surface area contributed by atoms with Gasteiger partial charge in [-0.2, -0.15) is 0 Å². The molecule has 4 aromatic heterocycles. The first-order valence-corrected chi connectivity index (χ1v) is 10.6. The van der Waals surface area contributed by atoms with Gasteiger partial charge in [0.2, 0.25) is 5.95 Å². The Morgan fingerprint density at radius 3 is 2.76 bits per heavy atom. The molecule has 1 N–H and O–H groups in total. The lowest BCUT2D eigenvalue weighted by atomic mass is 10.0. The number of piperidine rings is 1. The number of halogens is 5. The Labute approximate surface area is 190 Å². The number of fused-ring (bicyclic) bond motifs is 2. The van der Waals surface area contributed by atoms with Gasteiger partial charge in [-0.1, -0.05) is 0 Å². The van der Waals surface area contributed by atoms with Crippen LogP contribution in [0.4, 0.5) is 27.9 Å². The van der Waals surface area contributed by atoms with Crippen LogP contribution in [-0.4, -0.2) is 72.6 Å². The highest BCUT2D eigenvalue weighted by Gasteiger charge is 2.44. The van der Waals surface area contributed by atoms with Crippen LogP contribution in [0.5, 0.6) is 0 Å². The van der Waals surface area contributed by atoms with Crippen molar-refractivity contribution in [2.45, 2.75) is 38.3 Å². The minimum atomic E-state index is -2.98. The zero-order chi connectivity index (χ0) is 24.2. The van der Waals surface area contributed by atoms with Gasteiger partial charge >= 0.3 is 0 Å². The number of aromatic nitrogens is 6. The van der Waals surface area contributed by atoms with Gasteiger partial charge < -0.3 is 14.8 Å². The molecule has 0 unspecified atom stereocenters. The van der Waals surface area contributed by atoms with E-state index < -0.39 is 30.8 Å². The molecule has 0 spiro atoms. The summed E-state index contributed by atoms with van der Waals surface area (Å²) in [5.74, 6) is -3.33. The van der Waals surface area contributed by atoms with Crippen LogP contribution in [0.15, 0.2) is 24.5 Å². The number of anilines is 1. The second-order valence-corrected chi connectivity index (χ2v) is 8.45. The van der Waals surface area contributed by atoms with Gasteiger partial charge in [0.1, 0.15) is 11.3 Å². The summed E-state index contributed by atoms with van der Waals surface area (Å²) in [6, 6.07) is 1.96. The van der Waals surface area contributed by atoms with E-state index in [1.54, 1.807) is 24.9 Å². The number of rotatable bonds is 5. The average Bonchev–Trinajstić information content (AvgIpc) is 3.24. The highest BCUT2D eigenvalue weighted by Crippen LogP contribution is 2.31. The maximum Gasteiger partial charge on any atom is 0.280 e. The third-order valence-electron chi connectivity index (χ3n) is 5.94. The predicted molar refractivity (Wildman–Crippen MR) is 115 cm³/mol. The highest BCUT2D eigenvalue weighted by molar-refractivity contribution is 5.83. The van der Waals surface area contributed by atoms with E-state index in [-0.39, 0.29) is 41.3 Å². The summed E-state index contributed by atoms with van der Waals surface area (Å²) in [5.41, 5.74) is 1.13. The van der Waals surface area contributed by atoms with Crippen molar-refractivity contribution in [2.24, 2.45) is 0 Å². The summed E-state index contributed by atoms with van der Waals surface area (Å²) in [4.78, 5) is 14.3. The maximum absolute atomic E-state index is 14.9. The summed E-state index contributed by atoms with van der Waals surface area (Å²) < 4.78 is 72.2. The van der Waals surface area contributed by atoms with E-state index in [0.29, 0.717) is 17.9 Å². The molecular formula is C21H21F5N8. The lowest BCUT2D eigenvalue weighted by Crippen LogP contribution is -2.53.